The van der Waals surface area contributed by atoms with Crippen LogP contribution in [0.4, 0.5) is 14.5 Å². The van der Waals surface area contributed by atoms with E-state index in [0.717, 1.165) is 12.1 Å². The van der Waals surface area contributed by atoms with Crippen molar-refractivity contribution in [1.82, 2.24) is 0 Å². The molecule has 0 aromatic heterocycles. The second-order valence-electron chi connectivity index (χ2n) is 4.06. The molecule has 0 heterocycles. The zero-order valence-corrected chi connectivity index (χ0v) is 8.74. The highest BCUT2D eigenvalue weighted by atomic mass is 19.1. The molecule has 17 heavy (non-hydrogen) atoms. The summed E-state index contributed by atoms with van der Waals surface area (Å²) in [7, 11) is 0. The van der Waals surface area contributed by atoms with Gasteiger partial charge in [0.15, 0.2) is 0 Å². The van der Waals surface area contributed by atoms with Crippen LogP contribution in [0.1, 0.15) is 24.8 Å². The molecule has 0 spiro atoms. The molecule has 1 aromatic rings. The van der Waals surface area contributed by atoms with Crippen molar-refractivity contribution in [1.29, 1.82) is 5.26 Å². The predicted molar refractivity (Wildman–Crippen MR) is 54.2 cm³/mol. The van der Waals surface area contributed by atoms with Crippen LogP contribution in [0.25, 0.3) is 0 Å². The minimum absolute atomic E-state index is 0.332. The molecule has 1 aliphatic rings. The lowest BCUT2D eigenvalue weighted by Gasteiger charge is -2.35. The Hall–Kier alpha value is -2.03. The summed E-state index contributed by atoms with van der Waals surface area (Å²) < 4.78 is 27.4. The highest BCUT2D eigenvalue weighted by molar-refractivity contribution is 5.45. The first-order valence-corrected chi connectivity index (χ1v) is 5.06. The number of nitrogens with zero attached hydrogens (tertiary/aromatic N) is 2. The summed E-state index contributed by atoms with van der Waals surface area (Å²) in [5.74, 6) is -2.12. The van der Waals surface area contributed by atoms with Crippen LogP contribution in [0.2, 0.25) is 0 Å². The van der Waals surface area contributed by atoms with Crippen LogP contribution in [0, 0.1) is 33.1 Å². The van der Waals surface area contributed by atoms with E-state index in [4.69, 9.17) is 5.26 Å². The van der Waals surface area contributed by atoms with E-state index in [0.29, 0.717) is 19.3 Å². The number of nitro benzene ring substituents is 1. The van der Waals surface area contributed by atoms with Crippen molar-refractivity contribution in [2.75, 3.05) is 0 Å². The Labute approximate surface area is 95.6 Å². The van der Waals surface area contributed by atoms with Gasteiger partial charge in [-0.1, -0.05) is 0 Å². The van der Waals surface area contributed by atoms with Gasteiger partial charge >= 0.3 is 5.69 Å². The van der Waals surface area contributed by atoms with Gasteiger partial charge in [-0.15, -0.1) is 0 Å². The third-order valence-electron chi connectivity index (χ3n) is 3.17. The first kappa shape index (κ1) is 11.5. The maximum absolute atomic E-state index is 13.9. The van der Waals surface area contributed by atoms with Crippen LogP contribution in [-0.4, -0.2) is 4.92 Å². The fraction of sp³-hybridized carbons (Fsp3) is 0.364. The van der Waals surface area contributed by atoms with E-state index >= 15 is 0 Å². The van der Waals surface area contributed by atoms with Gasteiger partial charge in [0, 0.05) is 6.07 Å². The summed E-state index contributed by atoms with van der Waals surface area (Å²) in [5.41, 5.74) is -2.48. The number of halogens is 2. The van der Waals surface area contributed by atoms with Crippen LogP contribution in [0.5, 0.6) is 0 Å². The fourth-order valence-corrected chi connectivity index (χ4v) is 2.07. The molecule has 1 saturated carbocycles. The highest BCUT2D eigenvalue weighted by Crippen LogP contribution is 2.46. The average molecular weight is 238 g/mol. The Bertz CT molecular complexity index is 533. The Kier molecular flexibility index (Phi) is 2.54. The zero-order chi connectivity index (χ0) is 12.6. The molecule has 0 aliphatic heterocycles. The molecule has 1 aromatic carbocycles. The van der Waals surface area contributed by atoms with Gasteiger partial charge in [-0.2, -0.15) is 9.65 Å². The lowest BCUT2D eigenvalue weighted by atomic mass is 9.65. The normalized spacial score (nSPS) is 17.0. The van der Waals surface area contributed by atoms with Crippen LogP contribution in [0.3, 0.4) is 0 Å². The molecular weight excluding hydrogens is 230 g/mol. The van der Waals surface area contributed by atoms with Crippen molar-refractivity contribution < 1.29 is 13.7 Å². The van der Waals surface area contributed by atoms with E-state index in [9.17, 15) is 18.9 Å². The van der Waals surface area contributed by atoms with Crippen molar-refractivity contribution in [3.8, 4) is 6.07 Å². The molecule has 0 N–H and O–H groups in total. The van der Waals surface area contributed by atoms with E-state index in [1.165, 1.54) is 0 Å². The topological polar surface area (TPSA) is 66.9 Å². The van der Waals surface area contributed by atoms with Crippen molar-refractivity contribution in [2.24, 2.45) is 0 Å². The van der Waals surface area contributed by atoms with Gasteiger partial charge in [0.05, 0.1) is 22.0 Å². The van der Waals surface area contributed by atoms with Gasteiger partial charge < -0.3 is 0 Å². The third kappa shape index (κ3) is 1.55. The first-order valence-electron chi connectivity index (χ1n) is 5.06. The molecule has 4 nitrogen and oxygen atoms in total. The number of hydrogen-bond acceptors (Lipinski definition) is 3. The van der Waals surface area contributed by atoms with Crippen molar-refractivity contribution in [2.45, 2.75) is 24.7 Å². The van der Waals surface area contributed by atoms with E-state index in [1.54, 1.807) is 0 Å². The van der Waals surface area contributed by atoms with Gasteiger partial charge in [-0.25, -0.2) is 4.39 Å². The van der Waals surface area contributed by atoms with Crippen LogP contribution >= 0.6 is 0 Å². The third-order valence-corrected chi connectivity index (χ3v) is 3.17. The quantitative estimate of drug-likeness (QED) is 0.587. The molecule has 1 fully saturated rings. The minimum Gasteiger partial charge on any atom is -0.258 e. The second kappa shape index (κ2) is 3.77. The zero-order valence-electron chi connectivity index (χ0n) is 8.74. The van der Waals surface area contributed by atoms with Crippen molar-refractivity contribution >= 4 is 5.69 Å². The summed E-state index contributed by atoms with van der Waals surface area (Å²) in [6.07, 6.45) is 1.35. The van der Waals surface area contributed by atoms with Crippen LogP contribution in [0.15, 0.2) is 12.1 Å². The van der Waals surface area contributed by atoms with Gasteiger partial charge in [0.25, 0.3) is 0 Å². The van der Waals surface area contributed by atoms with E-state index in [1.807, 2.05) is 6.07 Å². The molecule has 0 amide bonds. The average Bonchev–Trinajstić information content (AvgIpc) is 2.21. The molecule has 88 valence electrons. The maximum Gasteiger partial charge on any atom is 0.305 e. The van der Waals surface area contributed by atoms with Gasteiger partial charge in [0.1, 0.15) is 5.82 Å². The summed E-state index contributed by atoms with van der Waals surface area (Å²) in [6, 6.07) is 3.49. The number of benzene rings is 1. The lowest BCUT2D eigenvalue weighted by Crippen LogP contribution is -2.34. The van der Waals surface area contributed by atoms with Crippen molar-refractivity contribution in [3.05, 3.63) is 39.4 Å². The van der Waals surface area contributed by atoms with E-state index in [-0.39, 0.29) is 0 Å². The Morgan fingerprint density at radius 2 is 2.06 bits per heavy atom. The number of nitro groups is 1. The maximum atomic E-state index is 13.9. The SMILES string of the molecule is N#CC1(c2c(F)ccc([N+](=O)[O-])c2F)CCC1. The monoisotopic (exact) mass is 238 g/mol. The standard InChI is InChI=1S/C11H8F2N2O2/c12-7-2-3-8(15(16)17)10(13)9(7)11(6-14)4-1-5-11/h2-3H,1,4-5H2. The fourth-order valence-electron chi connectivity index (χ4n) is 2.07. The number of nitriles is 1. The first-order chi connectivity index (χ1) is 8.02. The van der Waals surface area contributed by atoms with Gasteiger partial charge in [-0.05, 0) is 25.3 Å². The molecule has 0 atom stereocenters. The lowest BCUT2D eigenvalue weighted by molar-refractivity contribution is -0.387. The molecule has 1 aliphatic carbocycles. The van der Waals surface area contributed by atoms with E-state index < -0.39 is 33.2 Å². The molecule has 0 saturated heterocycles. The minimum atomic E-state index is -1.24. The van der Waals surface area contributed by atoms with Gasteiger partial charge in [0.2, 0.25) is 5.82 Å². The number of rotatable bonds is 2. The van der Waals surface area contributed by atoms with Gasteiger partial charge in [-0.3, -0.25) is 10.1 Å². The molecule has 0 unspecified atom stereocenters. The van der Waals surface area contributed by atoms with Crippen LogP contribution in [-0.2, 0) is 5.41 Å². The summed E-state index contributed by atoms with van der Waals surface area (Å²) in [4.78, 5) is 9.65. The molecule has 6 heteroatoms. The summed E-state index contributed by atoms with van der Waals surface area (Å²) in [6.45, 7) is 0. The Balaban J connectivity index is 2.65. The summed E-state index contributed by atoms with van der Waals surface area (Å²) in [5, 5.41) is 19.6. The Morgan fingerprint density at radius 1 is 1.41 bits per heavy atom. The molecule has 0 bridgehead atoms. The second-order valence-corrected chi connectivity index (χ2v) is 4.06. The van der Waals surface area contributed by atoms with E-state index in [2.05, 4.69) is 0 Å². The number of hydrogen-bond donors (Lipinski definition) is 0. The molecule has 2 rings (SSSR count). The van der Waals surface area contributed by atoms with Crippen LogP contribution < -0.4 is 0 Å². The smallest absolute Gasteiger partial charge is 0.258 e. The predicted octanol–water partition coefficient (Wildman–Crippen LogP) is 2.82. The molecule has 0 radical (unpaired) electrons. The summed E-state index contributed by atoms with van der Waals surface area (Å²) >= 11 is 0. The Morgan fingerprint density at radius 3 is 2.47 bits per heavy atom. The molecular formula is C11H8F2N2O2. The largest absolute Gasteiger partial charge is 0.305 e. The van der Waals surface area contributed by atoms with Crippen molar-refractivity contribution in [3.63, 3.8) is 0 Å². The highest BCUT2D eigenvalue weighted by Gasteiger charge is 2.45.